The van der Waals surface area contributed by atoms with Crippen molar-refractivity contribution in [3.63, 3.8) is 0 Å². The molecular weight excluding hydrogens is 431 g/mol. The zero-order valence-corrected chi connectivity index (χ0v) is 17.8. The molecule has 0 aliphatic carbocycles. The van der Waals surface area contributed by atoms with Crippen LogP contribution in [0.2, 0.25) is 5.02 Å². The van der Waals surface area contributed by atoms with Gasteiger partial charge in [0, 0.05) is 34.6 Å². The van der Waals surface area contributed by atoms with E-state index in [2.05, 4.69) is 25.2 Å². The molecule has 1 aliphatic heterocycles. The lowest BCUT2D eigenvalue weighted by Gasteiger charge is -2.27. The summed E-state index contributed by atoms with van der Waals surface area (Å²) in [5.74, 6) is 1.08. The summed E-state index contributed by atoms with van der Waals surface area (Å²) in [6.45, 7) is 3.02. The van der Waals surface area contributed by atoms with Crippen LogP contribution >= 0.6 is 11.6 Å². The topological polar surface area (TPSA) is 89.2 Å². The number of anilines is 4. The van der Waals surface area contributed by atoms with Gasteiger partial charge in [0.1, 0.15) is 17.5 Å². The minimum absolute atomic E-state index is 0.291. The summed E-state index contributed by atoms with van der Waals surface area (Å²) in [5, 5.41) is 4.21. The Kier molecular flexibility index (Phi) is 5.46. The minimum atomic E-state index is -0.392. The van der Waals surface area contributed by atoms with Crippen LogP contribution in [0.4, 0.5) is 27.7 Å². The number of hydrogen-bond donors (Lipinski definition) is 2. The van der Waals surface area contributed by atoms with Crippen molar-refractivity contribution in [2.45, 2.75) is 0 Å². The number of benzene rings is 2. The largest absolute Gasteiger partial charge is 0.383 e. The number of aromatic nitrogens is 3. The molecule has 0 radical (unpaired) electrons. The number of hydrogen-bond acceptors (Lipinski definition) is 7. The lowest BCUT2D eigenvalue weighted by atomic mass is 10.0. The molecule has 0 amide bonds. The molecule has 162 valence electrons. The van der Waals surface area contributed by atoms with Crippen LogP contribution in [0, 0.1) is 5.82 Å². The van der Waals surface area contributed by atoms with Crippen LogP contribution in [0.25, 0.3) is 22.0 Å². The molecule has 2 aromatic carbocycles. The van der Waals surface area contributed by atoms with Crippen LogP contribution in [0.3, 0.4) is 0 Å². The monoisotopic (exact) mass is 450 g/mol. The normalized spacial score (nSPS) is 14.0. The van der Waals surface area contributed by atoms with Gasteiger partial charge >= 0.3 is 0 Å². The Balaban J connectivity index is 1.49. The van der Waals surface area contributed by atoms with E-state index in [1.807, 2.05) is 12.1 Å². The number of nitrogens with one attached hydrogen (secondary N) is 1. The molecule has 3 N–H and O–H groups in total. The number of nitrogen functional groups attached to an aromatic ring is 1. The average Bonchev–Trinajstić information content (AvgIpc) is 2.81. The highest BCUT2D eigenvalue weighted by molar-refractivity contribution is 6.31. The lowest BCUT2D eigenvalue weighted by molar-refractivity contribution is 0.122. The van der Waals surface area contributed by atoms with E-state index in [4.69, 9.17) is 22.1 Å². The molecule has 0 saturated carbocycles. The molecule has 1 aliphatic rings. The Hall–Kier alpha value is -3.49. The van der Waals surface area contributed by atoms with Crippen LogP contribution in [0.15, 0.2) is 54.7 Å². The third-order valence-corrected chi connectivity index (χ3v) is 5.55. The van der Waals surface area contributed by atoms with E-state index in [0.29, 0.717) is 57.7 Å². The van der Waals surface area contributed by atoms with E-state index in [9.17, 15) is 4.39 Å². The third kappa shape index (κ3) is 4.02. The molecular formula is C23H20ClFN6O. The summed E-state index contributed by atoms with van der Waals surface area (Å²) in [5.41, 5.74) is 8.38. The lowest BCUT2D eigenvalue weighted by Crippen LogP contribution is -2.36. The van der Waals surface area contributed by atoms with Gasteiger partial charge < -0.3 is 20.7 Å². The molecule has 0 bridgehead atoms. The van der Waals surface area contributed by atoms with E-state index >= 15 is 0 Å². The second-order valence-corrected chi connectivity index (χ2v) is 7.82. The third-order valence-electron chi connectivity index (χ3n) is 5.31. The summed E-state index contributed by atoms with van der Waals surface area (Å²) >= 11 is 6.10. The fraction of sp³-hybridized carbons (Fsp3) is 0.174. The van der Waals surface area contributed by atoms with E-state index in [-0.39, 0.29) is 0 Å². The zero-order chi connectivity index (χ0) is 22.1. The highest BCUT2D eigenvalue weighted by Gasteiger charge is 2.15. The number of rotatable bonds is 4. The predicted molar refractivity (Wildman–Crippen MR) is 125 cm³/mol. The smallest absolute Gasteiger partial charge is 0.229 e. The quantitative estimate of drug-likeness (QED) is 0.468. The Labute approximate surface area is 189 Å². The van der Waals surface area contributed by atoms with Crippen molar-refractivity contribution >= 4 is 45.8 Å². The molecule has 5 rings (SSSR count). The Morgan fingerprint density at radius 3 is 2.66 bits per heavy atom. The maximum atomic E-state index is 14.6. The van der Waals surface area contributed by atoms with Crippen molar-refractivity contribution < 1.29 is 9.13 Å². The standard InChI is InChI=1S/C23H20ClFN6O/c24-14-4-6-19(25)18(12-14)16-2-1-3-17-21(16)29-23(30-22(17)26)28-15-5-7-20(27-13-15)31-8-10-32-11-9-31/h1-7,12-13H,8-11H2,(H3,26,28,29,30). The molecule has 32 heavy (non-hydrogen) atoms. The summed E-state index contributed by atoms with van der Waals surface area (Å²) in [4.78, 5) is 15.7. The number of nitrogens with two attached hydrogens (primary N) is 1. The number of pyridine rings is 1. The number of ether oxygens (including phenoxy) is 1. The zero-order valence-electron chi connectivity index (χ0n) is 17.1. The molecule has 0 unspecified atom stereocenters. The van der Waals surface area contributed by atoms with Gasteiger partial charge in [0.05, 0.1) is 30.6 Å². The maximum Gasteiger partial charge on any atom is 0.229 e. The van der Waals surface area contributed by atoms with Gasteiger partial charge in [0.15, 0.2) is 0 Å². The van der Waals surface area contributed by atoms with Gasteiger partial charge in [0.2, 0.25) is 5.95 Å². The van der Waals surface area contributed by atoms with Gasteiger partial charge in [-0.1, -0.05) is 23.7 Å². The molecule has 4 aromatic rings. The maximum absolute atomic E-state index is 14.6. The second-order valence-electron chi connectivity index (χ2n) is 7.39. The molecule has 2 aromatic heterocycles. The van der Waals surface area contributed by atoms with E-state index < -0.39 is 5.82 Å². The van der Waals surface area contributed by atoms with Gasteiger partial charge in [-0.05, 0) is 36.4 Å². The highest BCUT2D eigenvalue weighted by Crippen LogP contribution is 2.33. The second kappa shape index (κ2) is 8.57. The van der Waals surface area contributed by atoms with Gasteiger partial charge in [-0.3, -0.25) is 0 Å². The Morgan fingerprint density at radius 1 is 1.03 bits per heavy atom. The molecule has 9 heteroatoms. The molecule has 1 fully saturated rings. The van der Waals surface area contributed by atoms with E-state index in [1.165, 1.54) is 12.1 Å². The fourth-order valence-corrected chi connectivity index (χ4v) is 3.89. The van der Waals surface area contributed by atoms with Crippen LogP contribution in [0.1, 0.15) is 0 Å². The fourth-order valence-electron chi connectivity index (χ4n) is 3.72. The minimum Gasteiger partial charge on any atom is -0.383 e. The first-order chi connectivity index (χ1) is 15.6. The van der Waals surface area contributed by atoms with Crippen molar-refractivity contribution in [2.75, 3.05) is 42.3 Å². The molecule has 7 nitrogen and oxygen atoms in total. The van der Waals surface area contributed by atoms with Crippen LogP contribution < -0.4 is 16.0 Å². The van der Waals surface area contributed by atoms with Gasteiger partial charge in [0.25, 0.3) is 0 Å². The number of halogens is 2. The SMILES string of the molecule is Nc1nc(Nc2ccc(N3CCOCC3)nc2)nc2c(-c3cc(Cl)ccc3F)cccc12. The average molecular weight is 451 g/mol. The molecule has 0 atom stereocenters. The van der Waals surface area contributed by atoms with Gasteiger partial charge in [-0.2, -0.15) is 4.98 Å². The number of morpholine rings is 1. The first kappa shape index (κ1) is 20.4. The summed E-state index contributed by atoms with van der Waals surface area (Å²) < 4.78 is 19.9. The summed E-state index contributed by atoms with van der Waals surface area (Å²) in [6, 6.07) is 13.6. The van der Waals surface area contributed by atoms with Crippen molar-refractivity contribution in [1.29, 1.82) is 0 Å². The number of nitrogens with zero attached hydrogens (tertiary/aromatic N) is 4. The van der Waals surface area contributed by atoms with E-state index in [1.54, 1.807) is 30.5 Å². The summed E-state index contributed by atoms with van der Waals surface area (Å²) in [6.07, 6.45) is 1.72. The van der Waals surface area contributed by atoms with Crippen molar-refractivity contribution in [3.8, 4) is 11.1 Å². The van der Waals surface area contributed by atoms with E-state index in [0.717, 1.165) is 18.9 Å². The first-order valence-corrected chi connectivity index (χ1v) is 10.5. The number of para-hydroxylation sites is 1. The van der Waals surface area contributed by atoms with Gasteiger partial charge in [-0.15, -0.1) is 0 Å². The van der Waals surface area contributed by atoms with Crippen LogP contribution in [-0.2, 0) is 4.74 Å². The van der Waals surface area contributed by atoms with Crippen molar-refractivity contribution in [2.24, 2.45) is 0 Å². The Bertz CT molecular complexity index is 1280. The van der Waals surface area contributed by atoms with Crippen molar-refractivity contribution in [3.05, 3.63) is 65.6 Å². The molecule has 1 saturated heterocycles. The van der Waals surface area contributed by atoms with Gasteiger partial charge in [-0.25, -0.2) is 14.4 Å². The summed E-state index contributed by atoms with van der Waals surface area (Å²) in [7, 11) is 0. The first-order valence-electron chi connectivity index (χ1n) is 10.2. The molecule has 3 heterocycles. The predicted octanol–water partition coefficient (Wildman–Crippen LogP) is 4.65. The van der Waals surface area contributed by atoms with Crippen LogP contribution in [-0.4, -0.2) is 41.3 Å². The van der Waals surface area contributed by atoms with Crippen molar-refractivity contribution in [1.82, 2.24) is 15.0 Å². The molecule has 0 spiro atoms. The number of fused-ring (bicyclic) bond motifs is 1. The van der Waals surface area contributed by atoms with Crippen LogP contribution in [0.5, 0.6) is 0 Å². The highest BCUT2D eigenvalue weighted by atomic mass is 35.5. The Morgan fingerprint density at radius 2 is 1.88 bits per heavy atom.